The molecule has 4 nitrogen and oxygen atoms in total. The summed E-state index contributed by atoms with van der Waals surface area (Å²) in [5, 5.41) is 2.87. The van der Waals surface area contributed by atoms with Crippen LogP contribution in [-0.4, -0.2) is 17.9 Å². The fourth-order valence-electron chi connectivity index (χ4n) is 2.44. The van der Waals surface area contributed by atoms with Gasteiger partial charge in [0.2, 0.25) is 0 Å². The predicted molar refractivity (Wildman–Crippen MR) is 106 cm³/mol. The number of nitrogens with zero attached hydrogens (tertiary/aromatic N) is 2. The van der Waals surface area contributed by atoms with Gasteiger partial charge in [0.15, 0.2) is 0 Å². The van der Waals surface area contributed by atoms with E-state index in [1.807, 2.05) is 73.5 Å². The molecule has 3 aromatic rings. The van der Waals surface area contributed by atoms with E-state index < -0.39 is 0 Å². The summed E-state index contributed by atoms with van der Waals surface area (Å²) in [6, 6.07) is 19.3. The van der Waals surface area contributed by atoms with Crippen LogP contribution in [0.3, 0.4) is 0 Å². The minimum absolute atomic E-state index is 0.226. The molecule has 0 atom stereocenters. The second-order valence-corrected chi connectivity index (χ2v) is 6.57. The van der Waals surface area contributed by atoms with Crippen molar-refractivity contribution in [1.29, 1.82) is 0 Å². The van der Waals surface area contributed by atoms with E-state index in [9.17, 15) is 4.79 Å². The third-order valence-electron chi connectivity index (χ3n) is 3.93. The molecule has 0 saturated carbocycles. The molecule has 0 aliphatic rings. The number of amides is 1. The first-order valence-electron chi connectivity index (χ1n) is 7.87. The largest absolute Gasteiger partial charge is 0.343 e. The highest BCUT2D eigenvalue weighted by Gasteiger charge is 2.10. The van der Waals surface area contributed by atoms with Crippen molar-refractivity contribution in [2.24, 2.45) is 0 Å². The van der Waals surface area contributed by atoms with Crippen molar-refractivity contribution in [2.75, 3.05) is 17.3 Å². The second-order valence-electron chi connectivity index (χ2n) is 5.71. The van der Waals surface area contributed by atoms with Gasteiger partial charge in [-0.2, -0.15) is 0 Å². The number of carbonyl (C=O) groups is 1. The summed E-state index contributed by atoms with van der Waals surface area (Å²) in [7, 11) is 1.97. The highest BCUT2D eigenvalue weighted by atomic mass is 79.9. The van der Waals surface area contributed by atoms with Gasteiger partial charge in [-0.1, -0.05) is 34.1 Å². The van der Waals surface area contributed by atoms with Crippen LogP contribution in [0.4, 0.5) is 17.1 Å². The van der Waals surface area contributed by atoms with Crippen LogP contribution in [0.15, 0.2) is 71.3 Å². The van der Waals surface area contributed by atoms with E-state index in [0.29, 0.717) is 5.69 Å². The highest BCUT2D eigenvalue weighted by Crippen LogP contribution is 2.23. The minimum Gasteiger partial charge on any atom is -0.343 e. The van der Waals surface area contributed by atoms with Gasteiger partial charge in [-0.3, -0.25) is 4.79 Å². The van der Waals surface area contributed by atoms with Gasteiger partial charge in [-0.25, -0.2) is 4.98 Å². The van der Waals surface area contributed by atoms with Gasteiger partial charge in [0.1, 0.15) is 5.69 Å². The summed E-state index contributed by atoms with van der Waals surface area (Å²) < 4.78 is 1.01. The number of anilines is 3. The molecule has 25 heavy (non-hydrogen) atoms. The molecule has 0 aliphatic heterocycles. The van der Waals surface area contributed by atoms with Crippen LogP contribution < -0.4 is 10.2 Å². The molecule has 0 unspecified atom stereocenters. The van der Waals surface area contributed by atoms with Crippen molar-refractivity contribution in [3.8, 4) is 0 Å². The number of aromatic nitrogens is 1. The average Bonchev–Trinajstić information content (AvgIpc) is 2.65. The van der Waals surface area contributed by atoms with Crippen molar-refractivity contribution in [3.63, 3.8) is 0 Å². The number of pyridine rings is 1. The van der Waals surface area contributed by atoms with Gasteiger partial charge < -0.3 is 10.2 Å². The molecule has 1 aromatic heterocycles. The van der Waals surface area contributed by atoms with Crippen LogP contribution in [0, 0.1) is 6.92 Å². The van der Waals surface area contributed by atoms with Crippen molar-refractivity contribution >= 4 is 38.9 Å². The van der Waals surface area contributed by atoms with E-state index in [1.165, 1.54) is 0 Å². The number of aryl methyl sites for hydroxylation is 1. The number of nitrogens with one attached hydrogen (secondary N) is 1. The molecule has 1 N–H and O–H groups in total. The van der Waals surface area contributed by atoms with Gasteiger partial charge >= 0.3 is 0 Å². The maximum atomic E-state index is 12.4. The Labute approximate surface area is 155 Å². The zero-order valence-electron chi connectivity index (χ0n) is 14.0. The first-order chi connectivity index (χ1) is 12.0. The molecule has 0 bridgehead atoms. The van der Waals surface area contributed by atoms with Crippen LogP contribution >= 0.6 is 15.9 Å². The predicted octanol–water partition coefficient (Wildman–Crippen LogP) is 5.17. The number of hydrogen-bond acceptors (Lipinski definition) is 3. The maximum absolute atomic E-state index is 12.4. The van der Waals surface area contributed by atoms with Gasteiger partial charge in [0.25, 0.3) is 5.91 Å². The lowest BCUT2D eigenvalue weighted by molar-refractivity contribution is 0.102. The maximum Gasteiger partial charge on any atom is 0.274 e. The fraction of sp³-hybridized carbons (Fsp3) is 0.100. The van der Waals surface area contributed by atoms with Crippen molar-refractivity contribution < 1.29 is 4.79 Å². The van der Waals surface area contributed by atoms with Gasteiger partial charge in [-0.05, 0) is 55.0 Å². The molecular formula is C20H18BrN3O. The Morgan fingerprint density at radius 1 is 1.04 bits per heavy atom. The number of hydrogen-bond donors (Lipinski definition) is 1. The number of carbonyl (C=O) groups excluding carboxylic acids is 1. The van der Waals surface area contributed by atoms with Crippen LogP contribution in [0.2, 0.25) is 0 Å². The van der Waals surface area contributed by atoms with Crippen molar-refractivity contribution in [1.82, 2.24) is 4.98 Å². The Hall–Kier alpha value is -2.66. The van der Waals surface area contributed by atoms with E-state index >= 15 is 0 Å². The Kier molecular flexibility index (Phi) is 5.14. The molecule has 5 heteroatoms. The molecule has 3 rings (SSSR count). The first kappa shape index (κ1) is 17.2. The molecule has 2 aromatic carbocycles. The number of benzene rings is 2. The molecule has 0 radical (unpaired) electrons. The Morgan fingerprint density at radius 3 is 2.44 bits per heavy atom. The lowest BCUT2D eigenvalue weighted by atomic mass is 10.2. The molecule has 126 valence electrons. The SMILES string of the molecule is Cc1cc(NC(=O)c2ccc(N(C)c3ccccc3)cn2)ccc1Br. The molecule has 1 amide bonds. The van der Waals surface area contributed by atoms with Gasteiger partial charge in [0.05, 0.1) is 11.9 Å². The van der Waals surface area contributed by atoms with E-state index in [0.717, 1.165) is 27.1 Å². The third kappa shape index (κ3) is 4.06. The molecule has 0 aliphatic carbocycles. The van der Waals surface area contributed by atoms with Crippen LogP contribution in [0.1, 0.15) is 16.1 Å². The zero-order chi connectivity index (χ0) is 17.8. The number of rotatable bonds is 4. The molecule has 0 spiro atoms. The Bertz CT molecular complexity index is 879. The van der Waals surface area contributed by atoms with Crippen LogP contribution in [-0.2, 0) is 0 Å². The fourth-order valence-corrected chi connectivity index (χ4v) is 2.68. The Morgan fingerprint density at radius 2 is 1.80 bits per heavy atom. The van der Waals surface area contributed by atoms with Crippen LogP contribution in [0.25, 0.3) is 0 Å². The van der Waals surface area contributed by atoms with Crippen molar-refractivity contribution in [3.05, 3.63) is 82.6 Å². The number of para-hydroxylation sites is 1. The normalized spacial score (nSPS) is 10.4. The molecular weight excluding hydrogens is 378 g/mol. The van der Waals surface area contributed by atoms with Crippen LogP contribution in [0.5, 0.6) is 0 Å². The lowest BCUT2D eigenvalue weighted by Gasteiger charge is -2.19. The third-order valence-corrected chi connectivity index (χ3v) is 4.82. The second kappa shape index (κ2) is 7.49. The first-order valence-corrected chi connectivity index (χ1v) is 8.66. The smallest absolute Gasteiger partial charge is 0.274 e. The van der Waals surface area contributed by atoms with E-state index in [1.54, 1.807) is 12.3 Å². The lowest BCUT2D eigenvalue weighted by Crippen LogP contribution is -2.15. The highest BCUT2D eigenvalue weighted by molar-refractivity contribution is 9.10. The van der Waals surface area contributed by atoms with Gasteiger partial charge in [0, 0.05) is 22.9 Å². The molecule has 0 saturated heterocycles. The summed E-state index contributed by atoms with van der Waals surface area (Å²) in [6.07, 6.45) is 1.70. The summed E-state index contributed by atoms with van der Waals surface area (Å²) in [4.78, 5) is 18.7. The van der Waals surface area contributed by atoms with Crippen molar-refractivity contribution in [2.45, 2.75) is 6.92 Å². The summed E-state index contributed by atoms with van der Waals surface area (Å²) >= 11 is 3.45. The summed E-state index contributed by atoms with van der Waals surface area (Å²) in [6.45, 7) is 1.98. The summed E-state index contributed by atoms with van der Waals surface area (Å²) in [5.41, 5.74) is 4.17. The number of halogens is 1. The van der Waals surface area contributed by atoms with E-state index in [2.05, 4.69) is 26.2 Å². The molecule has 0 fully saturated rings. The zero-order valence-corrected chi connectivity index (χ0v) is 15.6. The van der Waals surface area contributed by atoms with E-state index in [-0.39, 0.29) is 5.91 Å². The minimum atomic E-state index is -0.226. The topological polar surface area (TPSA) is 45.2 Å². The van der Waals surface area contributed by atoms with Gasteiger partial charge in [-0.15, -0.1) is 0 Å². The van der Waals surface area contributed by atoms with E-state index in [4.69, 9.17) is 0 Å². The Balaban J connectivity index is 1.73. The quantitative estimate of drug-likeness (QED) is 0.662. The summed E-state index contributed by atoms with van der Waals surface area (Å²) in [5.74, 6) is -0.226. The molecule has 1 heterocycles. The average molecular weight is 396 g/mol. The standard InChI is InChI=1S/C20H18BrN3O/c1-14-12-15(8-10-18(14)21)23-20(25)19-11-9-17(13-22-19)24(2)16-6-4-3-5-7-16/h3-13H,1-2H3,(H,23,25). The monoisotopic (exact) mass is 395 g/mol.